The molecule has 1 aliphatic rings. The van der Waals surface area contributed by atoms with Crippen molar-refractivity contribution in [2.45, 2.75) is 32.4 Å². The lowest BCUT2D eigenvalue weighted by atomic mass is 9.93. The Morgan fingerprint density at radius 1 is 1.44 bits per heavy atom. The highest BCUT2D eigenvalue weighted by Crippen LogP contribution is 2.32. The van der Waals surface area contributed by atoms with Crippen LogP contribution in [-0.2, 0) is 12.6 Å². The highest BCUT2D eigenvalue weighted by atomic mass is 19.4. The SMILES string of the molecule is Cc1nc(CC2CCCN(C(=O)c3ccncc3C(F)(F)F)C2)no1. The Bertz CT molecular complexity index is 760. The van der Waals surface area contributed by atoms with Gasteiger partial charge >= 0.3 is 6.18 Å². The number of hydrogen-bond acceptors (Lipinski definition) is 5. The van der Waals surface area contributed by atoms with Crippen LogP contribution in [0.1, 0.15) is 40.5 Å². The molecular formula is C16H17F3N4O2. The lowest BCUT2D eigenvalue weighted by Gasteiger charge is -2.32. The van der Waals surface area contributed by atoms with Crippen LogP contribution in [-0.4, -0.2) is 39.0 Å². The molecule has 0 N–H and O–H groups in total. The first-order chi connectivity index (χ1) is 11.8. The topological polar surface area (TPSA) is 72.1 Å². The molecule has 134 valence electrons. The lowest BCUT2D eigenvalue weighted by molar-refractivity contribution is -0.138. The van der Waals surface area contributed by atoms with E-state index in [9.17, 15) is 18.0 Å². The molecule has 0 bridgehead atoms. The van der Waals surface area contributed by atoms with Gasteiger partial charge in [-0.25, -0.2) is 0 Å². The number of hydrogen-bond donors (Lipinski definition) is 0. The molecule has 1 saturated heterocycles. The van der Waals surface area contributed by atoms with Crippen molar-refractivity contribution in [3.8, 4) is 0 Å². The average molecular weight is 354 g/mol. The van der Waals surface area contributed by atoms with Gasteiger partial charge in [0.05, 0.1) is 11.1 Å². The Balaban J connectivity index is 1.74. The van der Waals surface area contributed by atoms with Crippen LogP contribution in [0.15, 0.2) is 23.0 Å². The Labute approximate surface area is 142 Å². The summed E-state index contributed by atoms with van der Waals surface area (Å²) in [6.45, 7) is 2.49. The van der Waals surface area contributed by atoms with E-state index < -0.39 is 17.6 Å². The van der Waals surface area contributed by atoms with Crippen molar-refractivity contribution < 1.29 is 22.5 Å². The standard InChI is InChI=1S/C16H17F3N4O2/c1-10-21-14(22-25-10)7-11-3-2-6-23(9-11)15(24)12-4-5-20-8-13(12)16(17,18)19/h4-5,8,11H,2-3,6-7,9H2,1H3. The monoisotopic (exact) mass is 354 g/mol. The van der Waals surface area contributed by atoms with Gasteiger partial charge in [0.25, 0.3) is 5.91 Å². The summed E-state index contributed by atoms with van der Waals surface area (Å²) < 4.78 is 44.2. The minimum atomic E-state index is -4.61. The van der Waals surface area contributed by atoms with Gasteiger partial charge in [-0.1, -0.05) is 5.16 Å². The highest BCUT2D eigenvalue weighted by molar-refractivity contribution is 5.95. The molecule has 2 aromatic heterocycles. The summed E-state index contributed by atoms with van der Waals surface area (Å²) in [5.41, 5.74) is -1.37. The number of pyridine rings is 1. The van der Waals surface area contributed by atoms with E-state index in [1.165, 1.54) is 11.1 Å². The molecule has 2 aromatic rings. The molecule has 3 heterocycles. The molecule has 3 rings (SSSR count). The summed E-state index contributed by atoms with van der Waals surface area (Å²) in [6, 6.07) is 1.12. The number of nitrogens with zero attached hydrogens (tertiary/aromatic N) is 4. The van der Waals surface area contributed by atoms with Crippen molar-refractivity contribution in [1.29, 1.82) is 0 Å². The summed E-state index contributed by atoms with van der Waals surface area (Å²) in [6.07, 6.45) is -0.609. The largest absolute Gasteiger partial charge is 0.418 e. The zero-order chi connectivity index (χ0) is 18.0. The zero-order valence-electron chi connectivity index (χ0n) is 13.6. The number of piperidine rings is 1. The quantitative estimate of drug-likeness (QED) is 0.847. The normalized spacial score (nSPS) is 18.4. The molecule has 25 heavy (non-hydrogen) atoms. The number of rotatable bonds is 3. The third kappa shape index (κ3) is 3.97. The summed E-state index contributed by atoms with van der Waals surface area (Å²) in [7, 11) is 0. The second-order valence-electron chi connectivity index (χ2n) is 6.11. The number of likely N-dealkylation sites (tertiary alicyclic amines) is 1. The number of amides is 1. The molecule has 0 radical (unpaired) electrons. The summed E-state index contributed by atoms with van der Waals surface area (Å²) in [5.74, 6) is 0.483. The van der Waals surface area contributed by atoms with Crippen LogP contribution in [0.2, 0.25) is 0 Å². The summed E-state index contributed by atoms with van der Waals surface area (Å²) in [4.78, 5) is 21.7. The van der Waals surface area contributed by atoms with Crippen molar-refractivity contribution in [3.05, 3.63) is 41.3 Å². The van der Waals surface area contributed by atoms with Crippen LogP contribution in [0.25, 0.3) is 0 Å². The minimum Gasteiger partial charge on any atom is -0.340 e. The van der Waals surface area contributed by atoms with Gasteiger partial charge in [-0.2, -0.15) is 18.2 Å². The van der Waals surface area contributed by atoms with Crippen LogP contribution >= 0.6 is 0 Å². The number of aryl methyl sites for hydroxylation is 1. The van der Waals surface area contributed by atoms with E-state index in [0.29, 0.717) is 37.4 Å². The first-order valence-corrected chi connectivity index (χ1v) is 7.94. The highest BCUT2D eigenvalue weighted by Gasteiger charge is 2.37. The number of carbonyl (C=O) groups excluding carboxylic acids is 1. The van der Waals surface area contributed by atoms with Gasteiger partial charge in [-0.05, 0) is 24.8 Å². The first-order valence-electron chi connectivity index (χ1n) is 7.94. The van der Waals surface area contributed by atoms with Crippen molar-refractivity contribution in [2.75, 3.05) is 13.1 Å². The number of alkyl halides is 3. The number of halogens is 3. The molecule has 0 saturated carbocycles. The average Bonchev–Trinajstić information content (AvgIpc) is 2.98. The summed E-state index contributed by atoms with van der Waals surface area (Å²) >= 11 is 0. The fourth-order valence-electron chi connectivity index (χ4n) is 3.08. The summed E-state index contributed by atoms with van der Waals surface area (Å²) in [5, 5.41) is 3.84. The maximum Gasteiger partial charge on any atom is 0.418 e. The van der Waals surface area contributed by atoms with E-state index in [0.717, 1.165) is 18.9 Å². The first kappa shape index (κ1) is 17.4. The van der Waals surface area contributed by atoms with E-state index in [-0.39, 0.29) is 11.5 Å². The predicted molar refractivity (Wildman–Crippen MR) is 80.6 cm³/mol. The molecule has 6 nitrogen and oxygen atoms in total. The Morgan fingerprint density at radius 3 is 2.92 bits per heavy atom. The van der Waals surface area contributed by atoms with Gasteiger partial charge in [0, 0.05) is 38.8 Å². The molecule has 1 unspecified atom stereocenters. The maximum absolute atomic E-state index is 13.1. The Hall–Kier alpha value is -2.45. The lowest BCUT2D eigenvalue weighted by Crippen LogP contribution is -2.41. The van der Waals surface area contributed by atoms with Crippen LogP contribution < -0.4 is 0 Å². The van der Waals surface area contributed by atoms with Crippen molar-refractivity contribution in [1.82, 2.24) is 20.0 Å². The van der Waals surface area contributed by atoms with Crippen LogP contribution in [0.4, 0.5) is 13.2 Å². The van der Waals surface area contributed by atoms with Crippen molar-refractivity contribution in [3.63, 3.8) is 0 Å². The second-order valence-corrected chi connectivity index (χ2v) is 6.11. The second kappa shape index (κ2) is 6.81. The van der Waals surface area contributed by atoms with Crippen LogP contribution in [0.5, 0.6) is 0 Å². The fraction of sp³-hybridized carbons (Fsp3) is 0.500. The van der Waals surface area contributed by atoms with E-state index in [1.54, 1.807) is 6.92 Å². The van der Waals surface area contributed by atoms with Gasteiger partial charge in [-0.3, -0.25) is 9.78 Å². The molecule has 0 spiro atoms. The Morgan fingerprint density at radius 2 is 2.24 bits per heavy atom. The van der Waals surface area contributed by atoms with Crippen LogP contribution in [0, 0.1) is 12.8 Å². The Kier molecular flexibility index (Phi) is 4.73. The van der Waals surface area contributed by atoms with E-state index >= 15 is 0 Å². The number of aromatic nitrogens is 3. The molecule has 1 atom stereocenters. The van der Waals surface area contributed by atoms with Gasteiger partial charge in [0.15, 0.2) is 5.82 Å². The van der Waals surface area contributed by atoms with Gasteiger partial charge in [-0.15, -0.1) is 0 Å². The predicted octanol–water partition coefficient (Wildman–Crippen LogP) is 2.89. The third-order valence-electron chi connectivity index (χ3n) is 4.20. The van der Waals surface area contributed by atoms with E-state index in [1.807, 2.05) is 0 Å². The smallest absolute Gasteiger partial charge is 0.340 e. The molecular weight excluding hydrogens is 337 g/mol. The zero-order valence-corrected chi connectivity index (χ0v) is 13.6. The molecule has 0 aromatic carbocycles. The molecule has 1 fully saturated rings. The number of carbonyl (C=O) groups is 1. The molecule has 9 heteroatoms. The third-order valence-corrected chi connectivity index (χ3v) is 4.20. The van der Waals surface area contributed by atoms with Crippen molar-refractivity contribution >= 4 is 5.91 Å². The van der Waals surface area contributed by atoms with Gasteiger partial charge < -0.3 is 9.42 Å². The van der Waals surface area contributed by atoms with Crippen molar-refractivity contribution in [2.24, 2.45) is 5.92 Å². The van der Waals surface area contributed by atoms with Crippen LogP contribution in [0.3, 0.4) is 0 Å². The molecule has 0 aliphatic carbocycles. The van der Waals surface area contributed by atoms with E-state index in [4.69, 9.17) is 4.52 Å². The maximum atomic E-state index is 13.1. The molecule has 1 aliphatic heterocycles. The van der Waals surface area contributed by atoms with E-state index in [2.05, 4.69) is 15.1 Å². The van der Waals surface area contributed by atoms with Gasteiger partial charge in [0.1, 0.15) is 0 Å². The van der Waals surface area contributed by atoms with Gasteiger partial charge in [0.2, 0.25) is 5.89 Å². The fourth-order valence-corrected chi connectivity index (χ4v) is 3.08. The minimum absolute atomic E-state index is 0.0888. The molecule has 1 amide bonds.